The third-order valence-corrected chi connectivity index (χ3v) is 3.21. The van der Waals surface area contributed by atoms with E-state index in [1.807, 2.05) is 0 Å². The Morgan fingerprint density at radius 2 is 2.05 bits per heavy atom. The minimum atomic E-state index is -0.637. The van der Waals surface area contributed by atoms with Gasteiger partial charge in [0, 0.05) is 0 Å². The Balaban J connectivity index is 2.34. The first-order valence-electron chi connectivity index (χ1n) is 5.88. The van der Waals surface area contributed by atoms with E-state index in [9.17, 15) is 14.9 Å². The predicted molar refractivity (Wildman–Crippen MR) is 81.9 cm³/mol. The van der Waals surface area contributed by atoms with Crippen molar-refractivity contribution in [2.24, 2.45) is 0 Å². The highest BCUT2D eigenvalue weighted by Crippen LogP contribution is 2.29. The second kappa shape index (κ2) is 6.59. The number of hydrogen-bond acceptors (Lipinski definition) is 5. The van der Waals surface area contributed by atoms with Gasteiger partial charge < -0.3 is 10.1 Å². The minimum absolute atomic E-state index is 0.0156. The molecule has 7 nitrogen and oxygen atoms in total. The zero-order chi connectivity index (χ0) is 16.3. The maximum absolute atomic E-state index is 12.1. The number of nitro benzene ring substituents is 1. The zero-order valence-electron chi connectivity index (χ0n) is 11.2. The summed E-state index contributed by atoms with van der Waals surface area (Å²) in [6.07, 6.45) is 0. The maximum atomic E-state index is 12.1. The zero-order valence-corrected chi connectivity index (χ0v) is 12.7. The number of benzene rings is 1. The Morgan fingerprint density at radius 1 is 1.32 bits per heavy atom. The van der Waals surface area contributed by atoms with Crippen LogP contribution < -0.4 is 10.1 Å². The summed E-state index contributed by atoms with van der Waals surface area (Å²) in [5.41, 5.74) is -0.233. The van der Waals surface area contributed by atoms with Gasteiger partial charge in [0.25, 0.3) is 11.6 Å². The Bertz CT molecular complexity index is 752. The van der Waals surface area contributed by atoms with E-state index in [1.54, 1.807) is 0 Å². The summed E-state index contributed by atoms with van der Waals surface area (Å²) in [5, 5.41) is 13.5. The molecule has 1 amide bonds. The van der Waals surface area contributed by atoms with Crippen LogP contribution in [0.3, 0.4) is 0 Å². The van der Waals surface area contributed by atoms with E-state index in [1.165, 1.54) is 37.4 Å². The van der Waals surface area contributed by atoms with Gasteiger partial charge in [-0.1, -0.05) is 23.2 Å². The molecule has 0 bridgehead atoms. The van der Waals surface area contributed by atoms with E-state index in [4.69, 9.17) is 27.9 Å². The van der Waals surface area contributed by atoms with Gasteiger partial charge in [-0.05, 0) is 24.3 Å². The van der Waals surface area contributed by atoms with Crippen LogP contribution in [0, 0.1) is 10.1 Å². The number of carbonyl (C=O) groups is 1. The Hall–Kier alpha value is -2.38. The van der Waals surface area contributed by atoms with Gasteiger partial charge in [-0.25, -0.2) is 4.98 Å². The fraction of sp³-hybridized carbons (Fsp3) is 0.0769. The number of nitrogens with one attached hydrogen (secondary N) is 1. The molecule has 0 saturated heterocycles. The molecule has 0 aliphatic heterocycles. The number of halogens is 2. The van der Waals surface area contributed by atoms with Crippen LogP contribution in [0.2, 0.25) is 10.3 Å². The van der Waals surface area contributed by atoms with Crippen molar-refractivity contribution in [3.8, 4) is 5.75 Å². The van der Waals surface area contributed by atoms with Crippen molar-refractivity contribution in [2.45, 2.75) is 0 Å². The lowest BCUT2D eigenvalue weighted by atomic mass is 10.2. The van der Waals surface area contributed by atoms with E-state index in [0.717, 1.165) is 0 Å². The number of nitro groups is 1. The molecule has 0 saturated carbocycles. The number of carbonyl (C=O) groups excluding carboxylic acids is 1. The minimum Gasteiger partial charge on any atom is -0.496 e. The quantitative estimate of drug-likeness (QED) is 0.521. The second-order valence-electron chi connectivity index (χ2n) is 4.07. The summed E-state index contributed by atoms with van der Waals surface area (Å²) in [6.45, 7) is 0. The summed E-state index contributed by atoms with van der Waals surface area (Å²) in [6, 6.07) is 6.83. The largest absolute Gasteiger partial charge is 0.496 e. The molecule has 0 atom stereocenters. The van der Waals surface area contributed by atoms with E-state index < -0.39 is 10.8 Å². The summed E-state index contributed by atoms with van der Waals surface area (Å²) in [4.78, 5) is 26.3. The molecule has 1 N–H and O–H groups in total. The van der Waals surface area contributed by atoms with Gasteiger partial charge in [0.05, 0.1) is 23.7 Å². The lowest BCUT2D eigenvalue weighted by molar-refractivity contribution is -0.384. The van der Waals surface area contributed by atoms with E-state index >= 15 is 0 Å². The molecule has 2 aromatic rings. The Morgan fingerprint density at radius 3 is 2.64 bits per heavy atom. The lowest BCUT2D eigenvalue weighted by Gasteiger charge is -2.08. The topological polar surface area (TPSA) is 94.4 Å². The van der Waals surface area contributed by atoms with Gasteiger partial charge in [-0.3, -0.25) is 14.9 Å². The van der Waals surface area contributed by atoms with E-state index in [2.05, 4.69) is 10.3 Å². The molecule has 0 spiro atoms. The predicted octanol–water partition coefficient (Wildman–Crippen LogP) is 3.56. The number of ether oxygens (including phenoxy) is 1. The monoisotopic (exact) mass is 341 g/mol. The standard InChI is InChI=1S/C13H9Cl2N3O4/c1-22-7-2-4-9(10(6-7)18(20)21)16-13(19)8-3-5-11(14)17-12(8)15/h2-6H,1H3,(H,16,19). The number of aromatic nitrogens is 1. The fourth-order valence-electron chi connectivity index (χ4n) is 1.67. The van der Waals surface area contributed by atoms with Crippen molar-refractivity contribution < 1.29 is 14.5 Å². The fourth-order valence-corrected chi connectivity index (χ4v) is 2.10. The van der Waals surface area contributed by atoms with Crippen LogP contribution in [0.1, 0.15) is 10.4 Å². The van der Waals surface area contributed by atoms with Gasteiger partial charge in [-0.15, -0.1) is 0 Å². The van der Waals surface area contributed by atoms with Gasteiger partial charge in [0.15, 0.2) is 0 Å². The van der Waals surface area contributed by atoms with E-state index in [-0.39, 0.29) is 27.2 Å². The number of pyridine rings is 1. The van der Waals surface area contributed by atoms with Crippen molar-refractivity contribution in [3.63, 3.8) is 0 Å². The maximum Gasteiger partial charge on any atom is 0.296 e. The molecule has 0 fully saturated rings. The van der Waals surface area contributed by atoms with Crippen LogP contribution in [0.4, 0.5) is 11.4 Å². The molecule has 9 heteroatoms. The molecule has 0 unspecified atom stereocenters. The molecule has 1 aromatic carbocycles. The molecule has 0 aliphatic carbocycles. The second-order valence-corrected chi connectivity index (χ2v) is 4.81. The van der Waals surface area contributed by atoms with E-state index in [0.29, 0.717) is 5.75 Å². The van der Waals surface area contributed by atoms with Crippen molar-refractivity contribution in [3.05, 3.63) is 56.3 Å². The first-order valence-corrected chi connectivity index (χ1v) is 6.64. The third kappa shape index (κ3) is 3.44. The lowest BCUT2D eigenvalue weighted by Crippen LogP contribution is -2.14. The molecule has 0 aliphatic rings. The third-order valence-electron chi connectivity index (χ3n) is 2.71. The molecular formula is C13H9Cl2N3O4. The summed E-state index contributed by atoms with van der Waals surface area (Å²) in [7, 11) is 1.39. The smallest absolute Gasteiger partial charge is 0.296 e. The van der Waals surface area contributed by atoms with Crippen molar-refractivity contribution in [1.82, 2.24) is 4.98 Å². The van der Waals surface area contributed by atoms with Crippen molar-refractivity contribution >= 4 is 40.5 Å². The van der Waals surface area contributed by atoms with Crippen molar-refractivity contribution in [1.29, 1.82) is 0 Å². The van der Waals surface area contributed by atoms with Gasteiger partial charge >= 0.3 is 0 Å². The van der Waals surface area contributed by atoms with Crippen LogP contribution in [0.15, 0.2) is 30.3 Å². The Kier molecular flexibility index (Phi) is 4.79. The van der Waals surface area contributed by atoms with Gasteiger partial charge in [-0.2, -0.15) is 0 Å². The number of nitrogens with zero attached hydrogens (tertiary/aromatic N) is 2. The highest BCUT2D eigenvalue weighted by Gasteiger charge is 2.19. The van der Waals surface area contributed by atoms with Gasteiger partial charge in [0.2, 0.25) is 0 Å². The average molecular weight is 342 g/mol. The normalized spacial score (nSPS) is 10.1. The molecule has 114 valence electrons. The number of rotatable bonds is 4. The van der Waals surface area contributed by atoms with Crippen LogP contribution in [0.25, 0.3) is 0 Å². The SMILES string of the molecule is COc1ccc(NC(=O)c2ccc(Cl)nc2Cl)c([N+](=O)[O-])c1. The average Bonchev–Trinajstić information content (AvgIpc) is 2.47. The molecule has 1 heterocycles. The molecule has 2 rings (SSSR count). The summed E-state index contributed by atoms with van der Waals surface area (Å²) in [5.74, 6) is -0.335. The summed E-state index contributed by atoms with van der Waals surface area (Å²) >= 11 is 11.5. The van der Waals surface area contributed by atoms with Crippen molar-refractivity contribution in [2.75, 3.05) is 12.4 Å². The van der Waals surface area contributed by atoms with Crippen LogP contribution >= 0.6 is 23.2 Å². The molecule has 0 radical (unpaired) electrons. The highest BCUT2D eigenvalue weighted by molar-refractivity contribution is 6.35. The first-order chi connectivity index (χ1) is 10.4. The summed E-state index contributed by atoms with van der Waals surface area (Å²) < 4.78 is 4.92. The first kappa shape index (κ1) is 16.0. The van der Waals surface area contributed by atoms with Crippen LogP contribution in [-0.4, -0.2) is 22.9 Å². The van der Waals surface area contributed by atoms with Crippen LogP contribution in [0.5, 0.6) is 5.75 Å². The number of methoxy groups -OCH3 is 1. The molecular weight excluding hydrogens is 333 g/mol. The molecule has 1 aromatic heterocycles. The Labute approximate surface area is 135 Å². The number of amides is 1. The van der Waals surface area contributed by atoms with Crippen LogP contribution in [-0.2, 0) is 0 Å². The number of hydrogen-bond donors (Lipinski definition) is 1. The molecule has 22 heavy (non-hydrogen) atoms. The highest BCUT2D eigenvalue weighted by atomic mass is 35.5. The van der Waals surface area contributed by atoms with Gasteiger partial charge in [0.1, 0.15) is 21.7 Å². The number of anilines is 1.